The van der Waals surface area contributed by atoms with Gasteiger partial charge in [-0.1, -0.05) is 18.2 Å². The fraction of sp³-hybridized carbons (Fsp3) is 0.385. The smallest absolute Gasteiger partial charge is 0.328 e. The highest BCUT2D eigenvalue weighted by molar-refractivity contribution is 6.01. The molecule has 1 amide bonds. The number of benzene rings is 1. The van der Waals surface area contributed by atoms with Gasteiger partial charge in [0.1, 0.15) is 6.04 Å². The van der Waals surface area contributed by atoms with Crippen LogP contribution in [0.5, 0.6) is 0 Å². The normalized spacial score (nSPS) is 21.1. The number of hydrogen-bond acceptors (Lipinski definition) is 3. The first-order valence-corrected chi connectivity index (χ1v) is 5.79. The minimum absolute atomic E-state index is 0.176. The second kappa shape index (κ2) is 4.78. The van der Waals surface area contributed by atoms with E-state index in [1.807, 2.05) is 25.1 Å². The number of hydrogen-bond donors (Lipinski definition) is 1. The zero-order chi connectivity index (χ0) is 13.3. The Morgan fingerprint density at radius 2 is 2.06 bits per heavy atom. The molecule has 0 aliphatic carbocycles. The Bertz CT molecular complexity index is 487. The highest BCUT2D eigenvalue weighted by atomic mass is 16.4. The first-order valence-electron chi connectivity index (χ1n) is 5.79. The Morgan fingerprint density at radius 1 is 1.39 bits per heavy atom. The largest absolute Gasteiger partial charge is 0.480 e. The van der Waals surface area contributed by atoms with E-state index in [-0.39, 0.29) is 12.5 Å². The summed E-state index contributed by atoms with van der Waals surface area (Å²) in [5.41, 5.74) is 1.59. The van der Waals surface area contributed by atoms with Crippen LogP contribution in [0.3, 0.4) is 0 Å². The first kappa shape index (κ1) is 12.6. The summed E-state index contributed by atoms with van der Waals surface area (Å²) >= 11 is 0. The van der Waals surface area contributed by atoms with Gasteiger partial charge in [-0.2, -0.15) is 0 Å². The highest BCUT2D eigenvalue weighted by Crippen LogP contribution is 2.24. The molecule has 1 fully saturated rings. The van der Waals surface area contributed by atoms with Crippen LogP contribution in [0.25, 0.3) is 0 Å². The number of carbonyl (C=O) groups excluding carboxylic acids is 1. The van der Waals surface area contributed by atoms with Gasteiger partial charge in [-0.3, -0.25) is 14.6 Å². The molecule has 5 nitrogen and oxygen atoms in total. The van der Waals surface area contributed by atoms with Crippen LogP contribution in [0.4, 0.5) is 5.69 Å². The highest BCUT2D eigenvalue weighted by Gasteiger charge is 2.37. The maximum absolute atomic E-state index is 12.1. The van der Waals surface area contributed by atoms with E-state index in [0.29, 0.717) is 12.2 Å². The molecule has 1 aromatic rings. The summed E-state index contributed by atoms with van der Waals surface area (Å²) < 4.78 is 0. The van der Waals surface area contributed by atoms with Crippen molar-refractivity contribution >= 4 is 17.6 Å². The van der Waals surface area contributed by atoms with E-state index in [4.69, 9.17) is 0 Å². The maximum atomic E-state index is 12.1. The Balaban J connectivity index is 2.42. The molecular weight excluding hydrogens is 232 g/mol. The Kier molecular flexibility index (Phi) is 3.34. The SMILES string of the molecule is Cc1ccccc1N1C(=O)CN(C)CC1C(=O)O. The van der Waals surface area contributed by atoms with Gasteiger partial charge in [0.05, 0.1) is 6.54 Å². The van der Waals surface area contributed by atoms with Gasteiger partial charge >= 0.3 is 5.97 Å². The monoisotopic (exact) mass is 248 g/mol. The number of nitrogens with zero attached hydrogens (tertiary/aromatic N) is 2. The van der Waals surface area contributed by atoms with Gasteiger partial charge in [-0.25, -0.2) is 4.79 Å². The summed E-state index contributed by atoms with van der Waals surface area (Å²) in [6.45, 7) is 2.47. The molecule has 0 saturated carbocycles. The summed E-state index contributed by atoms with van der Waals surface area (Å²) in [6.07, 6.45) is 0. The first-order chi connectivity index (χ1) is 8.50. The van der Waals surface area contributed by atoms with Crippen LogP contribution in [0.15, 0.2) is 24.3 Å². The van der Waals surface area contributed by atoms with Gasteiger partial charge in [0.15, 0.2) is 0 Å². The zero-order valence-electron chi connectivity index (χ0n) is 10.5. The number of carbonyl (C=O) groups is 2. The van der Waals surface area contributed by atoms with Crippen molar-refractivity contribution < 1.29 is 14.7 Å². The fourth-order valence-electron chi connectivity index (χ4n) is 2.25. The van der Waals surface area contributed by atoms with E-state index in [1.165, 1.54) is 4.90 Å². The lowest BCUT2D eigenvalue weighted by Crippen LogP contribution is -2.58. The summed E-state index contributed by atoms with van der Waals surface area (Å²) in [5, 5.41) is 9.28. The van der Waals surface area contributed by atoms with E-state index < -0.39 is 12.0 Å². The molecule has 1 N–H and O–H groups in total. The lowest BCUT2D eigenvalue weighted by molar-refractivity contribution is -0.142. The van der Waals surface area contributed by atoms with Crippen molar-refractivity contribution in [3.63, 3.8) is 0 Å². The second-order valence-corrected chi connectivity index (χ2v) is 4.60. The summed E-state index contributed by atoms with van der Waals surface area (Å²) in [7, 11) is 1.75. The zero-order valence-corrected chi connectivity index (χ0v) is 10.5. The van der Waals surface area contributed by atoms with Crippen LogP contribution in [0.1, 0.15) is 5.56 Å². The number of likely N-dealkylation sites (N-methyl/N-ethyl adjacent to an activating group) is 1. The topological polar surface area (TPSA) is 60.9 Å². The van der Waals surface area contributed by atoms with Gasteiger partial charge < -0.3 is 5.11 Å². The van der Waals surface area contributed by atoms with Gasteiger partial charge in [0.25, 0.3) is 0 Å². The molecule has 1 saturated heterocycles. The standard InChI is InChI=1S/C13H16N2O3/c1-9-5-3-4-6-10(9)15-11(13(17)18)7-14(2)8-12(15)16/h3-6,11H,7-8H2,1-2H3,(H,17,18). The summed E-state index contributed by atoms with van der Waals surface area (Å²) in [6, 6.07) is 6.52. The van der Waals surface area contributed by atoms with Crippen molar-refractivity contribution in [1.82, 2.24) is 4.90 Å². The number of piperazine rings is 1. The van der Waals surface area contributed by atoms with E-state index in [1.54, 1.807) is 18.0 Å². The number of carboxylic acids is 1. The fourth-order valence-corrected chi connectivity index (χ4v) is 2.25. The van der Waals surface area contributed by atoms with Crippen LogP contribution in [-0.4, -0.2) is 48.1 Å². The van der Waals surface area contributed by atoms with E-state index in [9.17, 15) is 14.7 Å². The molecule has 1 aliphatic rings. The Hall–Kier alpha value is -1.88. The predicted molar refractivity (Wildman–Crippen MR) is 67.6 cm³/mol. The van der Waals surface area contributed by atoms with Crippen LogP contribution < -0.4 is 4.90 Å². The molecular formula is C13H16N2O3. The number of carboxylic acid groups (broad SMARTS) is 1. The number of aliphatic carboxylic acids is 1. The van der Waals surface area contributed by atoms with Crippen LogP contribution in [0.2, 0.25) is 0 Å². The maximum Gasteiger partial charge on any atom is 0.328 e. The minimum Gasteiger partial charge on any atom is -0.480 e. The van der Waals surface area contributed by atoms with Gasteiger partial charge in [0.2, 0.25) is 5.91 Å². The van der Waals surface area contributed by atoms with Crippen molar-refractivity contribution in [3.8, 4) is 0 Å². The van der Waals surface area contributed by atoms with Gasteiger partial charge in [0, 0.05) is 12.2 Å². The van der Waals surface area contributed by atoms with E-state index in [2.05, 4.69) is 0 Å². The number of amides is 1. The molecule has 5 heteroatoms. The lowest BCUT2D eigenvalue weighted by Gasteiger charge is -2.37. The lowest BCUT2D eigenvalue weighted by atomic mass is 10.1. The van der Waals surface area contributed by atoms with Crippen LogP contribution in [-0.2, 0) is 9.59 Å². The third kappa shape index (κ3) is 2.22. The number of para-hydroxylation sites is 1. The molecule has 0 spiro atoms. The molecule has 1 aliphatic heterocycles. The number of anilines is 1. The van der Waals surface area contributed by atoms with Crippen LogP contribution in [0, 0.1) is 6.92 Å². The number of aryl methyl sites for hydroxylation is 1. The molecule has 2 rings (SSSR count). The minimum atomic E-state index is -0.974. The molecule has 18 heavy (non-hydrogen) atoms. The van der Waals surface area contributed by atoms with Crippen molar-refractivity contribution in [2.24, 2.45) is 0 Å². The van der Waals surface area contributed by atoms with E-state index in [0.717, 1.165) is 5.56 Å². The average Bonchev–Trinajstić information content (AvgIpc) is 2.29. The van der Waals surface area contributed by atoms with Crippen molar-refractivity contribution in [2.75, 3.05) is 25.0 Å². The van der Waals surface area contributed by atoms with Crippen molar-refractivity contribution in [1.29, 1.82) is 0 Å². The molecule has 0 bridgehead atoms. The molecule has 0 aromatic heterocycles. The molecule has 1 atom stereocenters. The average molecular weight is 248 g/mol. The quantitative estimate of drug-likeness (QED) is 0.838. The Labute approximate surface area is 106 Å². The second-order valence-electron chi connectivity index (χ2n) is 4.60. The van der Waals surface area contributed by atoms with Crippen LogP contribution >= 0.6 is 0 Å². The third-order valence-corrected chi connectivity index (χ3v) is 3.13. The molecule has 96 valence electrons. The Morgan fingerprint density at radius 3 is 2.67 bits per heavy atom. The third-order valence-electron chi connectivity index (χ3n) is 3.13. The summed E-state index contributed by atoms with van der Waals surface area (Å²) in [4.78, 5) is 26.5. The molecule has 0 radical (unpaired) electrons. The van der Waals surface area contributed by atoms with Crippen molar-refractivity contribution in [3.05, 3.63) is 29.8 Å². The van der Waals surface area contributed by atoms with Gasteiger partial charge in [-0.05, 0) is 25.6 Å². The van der Waals surface area contributed by atoms with Crippen molar-refractivity contribution in [2.45, 2.75) is 13.0 Å². The molecule has 1 heterocycles. The summed E-state index contributed by atoms with van der Waals surface area (Å²) in [5.74, 6) is -1.15. The van der Waals surface area contributed by atoms with E-state index >= 15 is 0 Å². The number of rotatable bonds is 2. The predicted octanol–water partition coefficient (Wildman–Crippen LogP) is 0.727. The van der Waals surface area contributed by atoms with Gasteiger partial charge in [-0.15, -0.1) is 0 Å². The molecule has 1 aromatic carbocycles. The molecule has 1 unspecified atom stereocenters.